The van der Waals surface area contributed by atoms with E-state index in [1.54, 1.807) is 43.4 Å². The number of rotatable bonds is 6. The molecule has 3 aliphatic heterocycles. The number of esters is 1. The van der Waals surface area contributed by atoms with E-state index in [1.165, 1.54) is 12.2 Å². The minimum absolute atomic E-state index is 0.00930. The van der Waals surface area contributed by atoms with Gasteiger partial charge in [0.25, 0.3) is 0 Å². The number of nitrogens with two attached hydrogens (primary N) is 1. The average molecular weight is 710 g/mol. The van der Waals surface area contributed by atoms with Gasteiger partial charge in [-0.15, -0.1) is 0 Å². The number of hydrogen-bond donors (Lipinski definition) is 8. The third kappa shape index (κ3) is 13.1. The second kappa shape index (κ2) is 20.3. The summed E-state index contributed by atoms with van der Waals surface area (Å²) >= 11 is 0. The van der Waals surface area contributed by atoms with Crippen molar-refractivity contribution in [2.45, 2.75) is 145 Å². The van der Waals surface area contributed by atoms with Gasteiger partial charge in [-0.05, 0) is 26.2 Å². The summed E-state index contributed by atoms with van der Waals surface area (Å²) in [6, 6.07) is -1.09. The number of ether oxygens (including phenoxy) is 4. The van der Waals surface area contributed by atoms with Crippen LogP contribution in [-0.4, -0.2) is 121 Å². The summed E-state index contributed by atoms with van der Waals surface area (Å²) in [7, 11) is 0. The van der Waals surface area contributed by atoms with E-state index in [0.717, 1.165) is 12.8 Å². The molecule has 0 radical (unpaired) electrons. The monoisotopic (exact) mass is 709 g/mol. The molecule has 0 aliphatic carbocycles. The number of cyclic esters (lactones) is 1. The molecule has 3 rings (SSSR count). The SMILES string of the molecule is CCCCC1C/C=C/C=C/C=C/C=C/C(O[C@@H]2O[C@H](C)[C@@H](O)[C@H](N)[C@H]2O)CC2OC(O)(CC(O)CC(O)C/C=C/C(=O)O1)CC(O)C2C(=O)O. The second-order valence-corrected chi connectivity index (χ2v) is 13.3. The van der Waals surface area contributed by atoms with Crippen LogP contribution in [0.2, 0.25) is 0 Å². The number of carbonyl (C=O) groups excluding carboxylic acids is 1. The van der Waals surface area contributed by atoms with Crippen LogP contribution in [0.4, 0.5) is 0 Å². The Morgan fingerprint density at radius 2 is 1.66 bits per heavy atom. The molecule has 282 valence electrons. The standard InChI is InChI=1S/C36H55NO13/c1-3-4-14-25-15-10-8-6-5-7-9-11-16-26(49-35-33(43)31(37)32(42)22(2)47-35)19-28-30(34(44)45)27(40)21-36(46,50-28)20-24(39)18-23(38)13-12-17-29(41)48-25/h5-12,16-17,22-28,30-33,35,38-40,42-43,46H,3-4,13-15,18-21,37H2,1-2H3,(H,44,45)/b6-5+,9-7+,10-8+,16-11+,17-12+/t22-,23?,24?,25?,26?,27?,28?,30?,31+,32-,33-,35+,36?/m1/s1. The van der Waals surface area contributed by atoms with Crippen LogP contribution in [0.15, 0.2) is 60.8 Å². The van der Waals surface area contributed by atoms with Crippen LogP contribution in [0.3, 0.4) is 0 Å². The number of aliphatic hydroxyl groups excluding tert-OH is 5. The largest absolute Gasteiger partial charge is 0.481 e. The van der Waals surface area contributed by atoms with E-state index in [1.807, 2.05) is 19.1 Å². The first-order valence-corrected chi connectivity index (χ1v) is 17.4. The molecule has 0 aromatic heterocycles. The van der Waals surface area contributed by atoms with E-state index in [2.05, 4.69) is 0 Å². The fourth-order valence-corrected chi connectivity index (χ4v) is 6.31. The van der Waals surface area contributed by atoms with Crippen molar-refractivity contribution < 1.29 is 64.3 Å². The first kappa shape index (κ1) is 41.7. The molecule has 0 amide bonds. The molecule has 0 aromatic carbocycles. The van der Waals surface area contributed by atoms with Crippen LogP contribution in [0.5, 0.6) is 0 Å². The highest BCUT2D eigenvalue weighted by molar-refractivity contribution is 5.82. The van der Waals surface area contributed by atoms with Crippen LogP contribution in [0.1, 0.15) is 71.6 Å². The number of aliphatic carboxylic acids is 1. The molecule has 8 unspecified atom stereocenters. The van der Waals surface area contributed by atoms with Gasteiger partial charge < -0.3 is 60.4 Å². The zero-order valence-corrected chi connectivity index (χ0v) is 28.7. The molecular formula is C36H55NO13. The maximum atomic E-state index is 12.4. The lowest BCUT2D eigenvalue weighted by Crippen LogP contribution is -2.61. The number of fused-ring (bicyclic) bond motifs is 2. The predicted octanol–water partition coefficient (Wildman–Crippen LogP) is 1.27. The van der Waals surface area contributed by atoms with Gasteiger partial charge in [0, 0.05) is 31.8 Å². The lowest BCUT2D eigenvalue weighted by Gasteiger charge is -2.45. The summed E-state index contributed by atoms with van der Waals surface area (Å²) in [4.78, 5) is 24.7. The van der Waals surface area contributed by atoms with Crippen molar-refractivity contribution in [1.82, 2.24) is 0 Å². The maximum absolute atomic E-state index is 12.4. The van der Waals surface area contributed by atoms with Gasteiger partial charge in [-0.3, -0.25) is 4.79 Å². The second-order valence-electron chi connectivity index (χ2n) is 13.3. The topological polar surface area (TPSA) is 239 Å². The van der Waals surface area contributed by atoms with Gasteiger partial charge in [0.1, 0.15) is 18.1 Å². The Kier molecular flexibility index (Phi) is 16.9. The lowest BCUT2D eigenvalue weighted by atomic mass is 9.83. The molecule has 0 saturated carbocycles. The molecule has 2 saturated heterocycles. The zero-order valence-electron chi connectivity index (χ0n) is 28.7. The molecule has 2 fully saturated rings. The van der Waals surface area contributed by atoms with Gasteiger partial charge >= 0.3 is 11.9 Å². The van der Waals surface area contributed by atoms with Crippen LogP contribution < -0.4 is 5.73 Å². The smallest absolute Gasteiger partial charge is 0.330 e. The van der Waals surface area contributed by atoms with E-state index < -0.39 is 97.6 Å². The van der Waals surface area contributed by atoms with Gasteiger partial charge in [-0.25, -0.2) is 4.79 Å². The predicted molar refractivity (Wildman–Crippen MR) is 181 cm³/mol. The minimum Gasteiger partial charge on any atom is -0.481 e. The first-order valence-electron chi connectivity index (χ1n) is 17.4. The van der Waals surface area contributed by atoms with Crippen LogP contribution in [0.25, 0.3) is 0 Å². The molecule has 0 spiro atoms. The number of unbranched alkanes of at least 4 members (excludes halogenated alkanes) is 1. The Morgan fingerprint density at radius 1 is 0.960 bits per heavy atom. The number of carboxylic acid groups (broad SMARTS) is 1. The Bertz CT molecular complexity index is 1220. The molecule has 14 nitrogen and oxygen atoms in total. The van der Waals surface area contributed by atoms with Crippen molar-refractivity contribution in [1.29, 1.82) is 0 Å². The fraction of sp³-hybridized carbons (Fsp3) is 0.667. The Balaban J connectivity index is 1.91. The molecular weight excluding hydrogens is 654 g/mol. The third-order valence-corrected chi connectivity index (χ3v) is 9.01. The highest BCUT2D eigenvalue weighted by atomic mass is 16.7. The average Bonchev–Trinajstić information content (AvgIpc) is 3.02. The van der Waals surface area contributed by atoms with Gasteiger partial charge in [0.2, 0.25) is 0 Å². The van der Waals surface area contributed by atoms with Gasteiger partial charge in [-0.2, -0.15) is 0 Å². The molecule has 3 heterocycles. The molecule has 50 heavy (non-hydrogen) atoms. The lowest BCUT2D eigenvalue weighted by molar-refractivity contribution is -0.308. The molecule has 9 N–H and O–H groups in total. The van der Waals surface area contributed by atoms with Crippen molar-refractivity contribution >= 4 is 11.9 Å². The van der Waals surface area contributed by atoms with Gasteiger partial charge in [0.15, 0.2) is 12.1 Å². The number of hydrogen-bond acceptors (Lipinski definition) is 13. The first-order chi connectivity index (χ1) is 23.7. The van der Waals surface area contributed by atoms with Crippen LogP contribution in [-0.2, 0) is 28.5 Å². The van der Waals surface area contributed by atoms with Crippen molar-refractivity contribution in [3.05, 3.63) is 60.8 Å². The van der Waals surface area contributed by atoms with Gasteiger partial charge in [-0.1, -0.05) is 74.4 Å². The summed E-state index contributed by atoms with van der Waals surface area (Å²) in [5.74, 6) is -5.60. The van der Waals surface area contributed by atoms with E-state index in [0.29, 0.717) is 12.8 Å². The maximum Gasteiger partial charge on any atom is 0.330 e. The molecule has 3 aliphatic rings. The quantitative estimate of drug-likeness (QED) is 0.181. The zero-order chi connectivity index (χ0) is 36.8. The summed E-state index contributed by atoms with van der Waals surface area (Å²) in [6.07, 6.45) is 6.71. The van der Waals surface area contributed by atoms with Crippen molar-refractivity contribution in [2.24, 2.45) is 11.7 Å². The van der Waals surface area contributed by atoms with E-state index in [-0.39, 0.29) is 25.4 Å². The minimum atomic E-state index is -2.18. The molecule has 0 aromatic rings. The highest BCUT2D eigenvalue weighted by Gasteiger charge is 2.50. The molecule has 14 heteroatoms. The Labute approximate surface area is 293 Å². The number of carbonyl (C=O) groups is 2. The van der Waals surface area contributed by atoms with Gasteiger partial charge in [0.05, 0.1) is 48.8 Å². The number of carboxylic acids is 1. The summed E-state index contributed by atoms with van der Waals surface area (Å²) in [6.45, 7) is 3.61. The number of aliphatic hydroxyl groups is 6. The van der Waals surface area contributed by atoms with Crippen LogP contribution >= 0.6 is 0 Å². The summed E-state index contributed by atoms with van der Waals surface area (Å²) in [5.41, 5.74) is 5.98. The van der Waals surface area contributed by atoms with Crippen molar-refractivity contribution in [2.75, 3.05) is 0 Å². The van der Waals surface area contributed by atoms with E-state index >= 15 is 0 Å². The van der Waals surface area contributed by atoms with Crippen molar-refractivity contribution in [3.8, 4) is 0 Å². The highest BCUT2D eigenvalue weighted by Crippen LogP contribution is 2.38. The Hall–Kier alpha value is -2.76. The van der Waals surface area contributed by atoms with Crippen LogP contribution in [0, 0.1) is 5.92 Å². The fourth-order valence-electron chi connectivity index (χ4n) is 6.31. The molecule has 2 bridgehead atoms. The summed E-state index contributed by atoms with van der Waals surface area (Å²) < 4.78 is 23.2. The van der Waals surface area contributed by atoms with E-state index in [9.17, 15) is 45.3 Å². The number of allylic oxidation sites excluding steroid dienone is 6. The molecule has 13 atom stereocenters. The Morgan fingerprint density at radius 3 is 2.36 bits per heavy atom. The third-order valence-electron chi connectivity index (χ3n) is 9.01. The normalized spacial score (nSPS) is 43.0. The van der Waals surface area contributed by atoms with E-state index in [4.69, 9.17) is 24.7 Å². The summed E-state index contributed by atoms with van der Waals surface area (Å²) in [5, 5.41) is 74.5. The van der Waals surface area contributed by atoms with Crippen molar-refractivity contribution in [3.63, 3.8) is 0 Å².